The molecule has 0 heterocycles. The Balaban J connectivity index is 3.18. The highest BCUT2D eigenvalue weighted by Crippen LogP contribution is 2.13. The first-order valence-corrected chi connectivity index (χ1v) is 9.70. The van der Waals surface area contributed by atoms with E-state index in [-0.39, 0.29) is 0 Å². The molecule has 0 saturated carbocycles. The zero-order valence-electron chi connectivity index (χ0n) is 13.0. The molecule has 20 heavy (non-hydrogen) atoms. The summed E-state index contributed by atoms with van der Waals surface area (Å²) in [5, 5.41) is -1.11. The zero-order valence-corrected chi connectivity index (χ0v) is 13.8. The van der Waals surface area contributed by atoms with Crippen LogP contribution in [-0.4, -0.2) is 18.3 Å². The molecule has 0 saturated heterocycles. The first-order chi connectivity index (χ1) is 9.48. The number of rotatable bonds is 14. The van der Waals surface area contributed by atoms with Crippen molar-refractivity contribution in [1.29, 1.82) is 0 Å². The minimum Gasteiger partial charge on any atom is -0.313 e. The molecular formula is C15H33NO3S. The molecular weight excluding hydrogens is 274 g/mol. The molecule has 5 heteroatoms. The molecule has 0 fully saturated rings. The van der Waals surface area contributed by atoms with Crippen LogP contribution in [0.4, 0.5) is 0 Å². The fraction of sp³-hybridized carbons (Fsp3) is 1.00. The van der Waals surface area contributed by atoms with Crippen molar-refractivity contribution in [3.05, 3.63) is 0 Å². The van der Waals surface area contributed by atoms with Gasteiger partial charge in [0.05, 0.1) is 0 Å². The number of unbranched alkanes of at least 4 members (excludes halogenated alkanes) is 11. The third kappa shape index (κ3) is 12.9. The summed E-state index contributed by atoms with van der Waals surface area (Å²) in [6.07, 6.45) is 15.2. The minimum absolute atomic E-state index is 0.357. The van der Waals surface area contributed by atoms with Gasteiger partial charge in [-0.25, -0.2) is 0 Å². The Labute approximate surface area is 125 Å². The average molecular weight is 308 g/mol. The minimum atomic E-state index is -4.04. The number of nitrogens with two attached hydrogens (primary N) is 1. The lowest BCUT2D eigenvalue weighted by Crippen LogP contribution is -2.29. The summed E-state index contributed by atoms with van der Waals surface area (Å²) in [5.74, 6) is 0. The first kappa shape index (κ1) is 19.9. The van der Waals surface area contributed by atoms with E-state index in [4.69, 9.17) is 10.3 Å². The molecule has 0 aromatic heterocycles. The van der Waals surface area contributed by atoms with Gasteiger partial charge in [0.2, 0.25) is 0 Å². The second-order valence-electron chi connectivity index (χ2n) is 5.73. The first-order valence-electron chi connectivity index (χ1n) is 8.20. The maximum atomic E-state index is 10.7. The standard InChI is InChI=1S/C15H33NO3S/c1-2-3-4-5-6-7-8-9-10-11-12-13-14-15(16)20(17,18)19/h15H,2-14,16H2,1H3,(H,17,18,19). The third-order valence-corrected chi connectivity index (χ3v) is 4.73. The van der Waals surface area contributed by atoms with Gasteiger partial charge < -0.3 is 5.73 Å². The van der Waals surface area contributed by atoms with Crippen molar-refractivity contribution in [3.63, 3.8) is 0 Å². The molecule has 0 aliphatic heterocycles. The van der Waals surface area contributed by atoms with Gasteiger partial charge in [-0.15, -0.1) is 0 Å². The van der Waals surface area contributed by atoms with E-state index in [1.54, 1.807) is 0 Å². The van der Waals surface area contributed by atoms with Gasteiger partial charge >= 0.3 is 0 Å². The Morgan fingerprint density at radius 1 is 0.800 bits per heavy atom. The van der Waals surface area contributed by atoms with E-state index >= 15 is 0 Å². The summed E-state index contributed by atoms with van der Waals surface area (Å²) in [7, 11) is -4.04. The van der Waals surface area contributed by atoms with Crippen molar-refractivity contribution >= 4 is 10.1 Å². The molecule has 0 aromatic carbocycles. The maximum Gasteiger partial charge on any atom is 0.280 e. The summed E-state index contributed by atoms with van der Waals surface area (Å²) in [6, 6.07) is 0. The third-order valence-electron chi connectivity index (χ3n) is 3.72. The van der Waals surface area contributed by atoms with Crippen molar-refractivity contribution in [2.75, 3.05) is 0 Å². The summed E-state index contributed by atoms with van der Waals surface area (Å²) in [5.41, 5.74) is 5.34. The van der Waals surface area contributed by atoms with Crippen LogP contribution in [0.25, 0.3) is 0 Å². The number of hydrogen-bond donors (Lipinski definition) is 2. The van der Waals surface area contributed by atoms with E-state index < -0.39 is 15.5 Å². The Kier molecular flexibility index (Phi) is 12.5. The van der Waals surface area contributed by atoms with Crippen LogP contribution in [0.15, 0.2) is 0 Å². The normalized spacial score (nSPS) is 13.6. The Morgan fingerprint density at radius 2 is 1.15 bits per heavy atom. The second-order valence-corrected chi connectivity index (χ2v) is 7.37. The molecule has 122 valence electrons. The lowest BCUT2D eigenvalue weighted by molar-refractivity contribution is 0.457. The van der Waals surface area contributed by atoms with Crippen molar-refractivity contribution in [2.24, 2.45) is 5.73 Å². The van der Waals surface area contributed by atoms with Gasteiger partial charge in [-0.3, -0.25) is 4.55 Å². The lowest BCUT2D eigenvalue weighted by Gasteiger charge is -2.07. The van der Waals surface area contributed by atoms with E-state index in [1.165, 1.54) is 57.8 Å². The quantitative estimate of drug-likeness (QED) is 0.371. The van der Waals surface area contributed by atoms with Crippen molar-refractivity contribution in [1.82, 2.24) is 0 Å². The van der Waals surface area contributed by atoms with Gasteiger partial charge in [0.25, 0.3) is 10.1 Å². The molecule has 0 bridgehead atoms. The summed E-state index contributed by atoms with van der Waals surface area (Å²) in [4.78, 5) is 0. The van der Waals surface area contributed by atoms with Crippen LogP contribution >= 0.6 is 0 Å². The van der Waals surface area contributed by atoms with E-state index in [1.807, 2.05) is 0 Å². The van der Waals surface area contributed by atoms with E-state index in [2.05, 4.69) is 6.92 Å². The maximum absolute atomic E-state index is 10.7. The van der Waals surface area contributed by atoms with Crippen molar-refractivity contribution < 1.29 is 13.0 Å². The van der Waals surface area contributed by atoms with Gasteiger partial charge in [-0.1, -0.05) is 84.0 Å². The average Bonchev–Trinajstić information content (AvgIpc) is 2.38. The largest absolute Gasteiger partial charge is 0.313 e. The Morgan fingerprint density at radius 3 is 1.50 bits per heavy atom. The molecule has 4 nitrogen and oxygen atoms in total. The predicted molar refractivity (Wildman–Crippen MR) is 85.2 cm³/mol. The predicted octanol–water partition coefficient (Wildman–Crippen LogP) is 4.25. The molecule has 0 spiro atoms. The van der Waals surface area contributed by atoms with Crippen LogP contribution in [-0.2, 0) is 10.1 Å². The molecule has 0 amide bonds. The van der Waals surface area contributed by atoms with E-state index in [0.717, 1.165) is 19.3 Å². The molecule has 1 unspecified atom stereocenters. The highest BCUT2D eigenvalue weighted by Gasteiger charge is 2.16. The Bertz CT molecular complexity index is 304. The summed E-state index contributed by atoms with van der Waals surface area (Å²) < 4.78 is 30.1. The van der Waals surface area contributed by atoms with Crippen molar-refractivity contribution in [2.45, 2.75) is 95.8 Å². The van der Waals surface area contributed by atoms with Crippen LogP contribution in [0.1, 0.15) is 90.4 Å². The monoisotopic (exact) mass is 307 g/mol. The molecule has 1 atom stereocenters. The smallest absolute Gasteiger partial charge is 0.280 e. The summed E-state index contributed by atoms with van der Waals surface area (Å²) in [6.45, 7) is 2.24. The fourth-order valence-corrected chi connectivity index (χ4v) is 2.80. The van der Waals surface area contributed by atoms with Gasteiger partial charge in [0, 0.05) is 0 Å². The lowest BCUT2D eigenvalue weighted by atomic mass is 10.0. The van der Waals surface area contributed by atoms with E-state index in [0.29, 0.717) is 6.42 Å². The van der Waals surface area contributed by atoms with Gasteiger partial charge in [0.1, 0.15) is 5.37 Å². The summed E-state index contributed by atoms with van der Waals surface area (Å²) >= 11 is 0. The van der Waals surface area contributed by atoms with Crippen molar-refractivity contribution in [3.8, 4) is 0 Å². The van der Waals surface area contributed by atoms with E-state index in [9.17, 15) is 8.42 Å². The molecule has 0 aliphatic rings. The topological polar surface area (TPSA) is 80.4 Å². The zero-order chi connectivity index (χ0) is 15.3. The van der Waals surface area contributed by atoms with Crippen LogP contribution in [0.5, 0.6) is 0 Å². The molecule has 0 aliphatic carbocycles. The second kappa shape index (κ2) is 12.6. The molecule has 0 rings (SSSR count). The van der Waals surface area contributed by atoms with Gasteiger partial charge in [0.15, 0.2) is 0 Å². The molecule has 0 radical (unpaired) electrons. The van der Waals surface area contributed by atoms with Gasteiger partial charge in [-0.05, 0) is 6.42 Å². The van der Waals surface area contributed by atoms with Crippen LogP contribution in [0, 0.1) is 0 Å². The SMILES string of the molecule is CCCCCCCCCCCCCCC(N)S(=O)(=O)O. The number of hydrogen-bond acceptors (Lipinski definition) is 3. The fourth-order valence-electron chi connectivity index (χ4n) is 2.34. The van der Waals surface area contributed by atoms with Gasteiger partial charge in [-0.2, -0.15) is 8.42 Å². The molecule has 0 aromatic rings. The Hall–Kier alpha value is -0.130. The highest BCUT2D eigenvalue weighted by molar-refractivity contribution is 7.86. The van der Waals surface area contributed by atoms with Crippen LogP contribution in [0.2, 0.25) is 0 Å². The molecule has 3 N–H and O–H groups in total. The van der Waals surface area contributed by atoms with Crippen LogP contribution in [0.3, 0.4) is 0 Å². The van der Waals surface area contributed by atoms with Crippen LogP contribution < -0.4 is 5.73 Å². The highest BCUT2D eigenvalue weighted by atomic mass is 32.2.